The largest absolute Gasteiger partial charge is 0.394 e. The molecule has 1 rings (SSSR count). The molecule has 0 amide bonds. The van der Waals surface area contributed by atoms with Gasteiger partial charge in [0, 0.05) is 7.11 Å². The average Bonchev–Trinajstić information content (AvgIpc) is 2.19. The lowest BCUT2D eigenvalue weighted by Crippen LogP contribution is -2.59. The third-order valence-corrected chi connectivity index (χ3v) is 2.32. The molecule has 4 N–H and O–H groups in total. The van der Waals surface area contributed by atoms with Gasteiger partial charge in [0.1, 0.15) is 30.5 Å². The Labute approximate surface area is 81.7 Å². The van der Waals surface area contributed by atoms with Crippen LogP contribution >= 0.6 is 0 Å². The van der Waals surface area contributed by atoms with Gasteiger partial charge in [-0.05, 0) is 0 Å². The lowest BCUT2D eigenvalue weighted by molar-refractivity contribution is -0.237. The van der Waals surface area contributed by atoms with Crippen LogP contribution in [0.2, 0.25) is 0 Å². The highest BCUT2D eigenvalue weighted by Gasteiger charge is 2.43. The zero-order chi connectivity index (χ0) is 10.7. The number of rotatable bonds is 3. The summed E-state index contributed by atoms with van der Waals surface area (Å²) in [6, 6.07) is 0. The van der Waals surface area contributed by atoms with Gasteiger partial charge in [-0.15, -0.1) is 0 Å². The van der Waals surface area contributed by atoms with Crippen LogP contribution in [0, 0.1) is 0 Å². The molecule has 5 atom stereocenters. The number of methoxy groups -OCH3 is 1. The summed E-state index contributed by atoms with van der Waals surface area (Å²) in [5.41, 5.74) is 0. The van der Waals surface area contributed by atoms with E-state index in [0.29, 0.717) is 0 Å². The summed E-state index contributed by atoms with van der Waals surface area (Å²) >= 11 is 0. The molecule has 0 aromatic rings. The first-order valence-corrected chi connectivity index (χ1v) is 4.41. The minimum atomic E-state index is -1.32. The Kier molecular flexibility index (Phi) is 4.24. The van der Waals surface area contributed by atoms with Crippen molar-refractivity contribution >= 4 is 0 Å². The Morgan fingerprint density at radius 1 is 1.07 bits per heavy atom. The minimum absolute atomic E-state index is 0.0987. The van der Waals surface area contributed by atoms with Crippen molar-refractivity contribution in [3.63, 3.8) is 0 Å². The number of hydrogen-bond donors (Lipinski definition) is 4. The molecular weight excluding hydrogens is 192 g/mol. The molecule has 1 heterocycles. The molecule has 84 valence electrons. The van der Waals surface area contributed by atoms with Crippen molar-refractivity contribution in [1.82, 2.24) is 0 Å². The van der Waals surface area contributed by atoms with E-state index in [1.165, 1.54) is 7.11 Å². The van der Waals surface area contributed by atoms with E-state index in [9.17, 15) is 15.3 Å². The van der Waals surface area contributed by atoms with E-state index in [1.807, 2.05) is 0 Å². The van der Waals surface area contributed by atoms with Gasteiger partial charge in [-0.2, -0.15) is 0 Å². The third kappa shape index (κ3) is 2.22. The number of hydrogen-bond acceptors (Lipinski definition) is 6. The van der Waals surface area contributed by atoms with Crippen LogP contribution in [0.1, 0.15) is 0 Å². The molecule has 1 saturated heterocycles. The van der Waals surface area contributed by atoms with E-state index in [-0.39, 0.29) is 6.61 Å². The molecule has 1 aliphatic heterocycles. The first-order chi connectivity index (χ1) is 6.61. The summed E-state index contributed by atoms with van der Waals surface area (Å²) in [7, 11) is 1.43. The van der Waals surface area contributed by atoms with Crippen LogP contribution in [0.4, 0.5) is 0 Å². The lowest BCUT2D eigenvalue weighted by atomic mass is 9.95. The van der Waals surface area contributed by atoms with E-state index in [1.54, 1.807) is 0 Å². The molecule has 0 saturated carbocycles. The van der Waals surface area contributed by atoms with Gasteiger partial charge < -0.3 is 29.9 Å². The number of aliphatic hydroxyl groups excluding tert-OH is 4. The van der Waals surface area contributed by atoms with Crippen LogP contribution in [0.3, 0.4) is 0 Å². The molecule has 1 aliphatic rings. The van der Waals surface area contributed by atoms with E-state index in [4.69, 9.17) is 14.6 Å². The normalized spacial score (nSPS) is 43.9. The Bertz CT molecular complexity index is 171. The topological polar surface area (TPSA) is 99.4 Å². The van der Waals surface area contributed by atoms with Crippen molar-refractivity contribution in [2.24, 2.45) is 0 Å². The predicted octanol–water partition coefficient (Wildman–Crippen LogP) is -2.52. The smallest absolute Gasteiger partial charge is 0.111 e. The quantitative estimate of drug-likeness (QED) is 0.408. The Hall–Kier alpha value is -0.240. The van der Waals surface area contributed by atoms with Crippen LogP contribution in [0.25, 0.3) is 0 Å². The second-order valence-electron chi connectivity index (χ2n) is 3.32. The van der Waals surface area contributed by atoms with Crippen LogP contribution in [0.5, 0.6) is 0 Å². The molecule has 1 fully saturated rings. The van der Waals surface area contributed by atoms with Crippen molar-refractivity contribution in [3.8, 4) is 0 Å². The number of ether oxygens (including phenoxy) is 2. The van der Waals surface area contributed by atoms with Crippen molar-refractivity contribution < 1.29 is 29.9 Å². The Morgan fingerprint density at radius 2 is 1.64 bits per heavy atom. The summed E-state index contributed by atoms with van der Waals surface area (Å²) in [4.78, 5) is 0. The molecule has 0 bridgehead atoms. The monoisotopic (exact) mass is 208 g/mol. The lowest BCUT2D eigenvalue weighted by Gasteiger charge is -2.39. The van der Waals surface area contributed by atoms with Crippen molar-refractivity contribution in [3.05, 3.63) is 0 Å². The van der Waals surface area contributed by atoms with E-state index >= 15 is 0 Å². The van der Waals surface area contributed by atoms with Crippen LogP contribution in [-0.2, 0) is 9.47 Å². The van der Waals surface area contributed by atoms with Gasteiger partial charge in [0.15, 0.2) is 0 Å². The third-order valence-electron chi connectivity index (χ3n) is 2.32. The zero-order valence-corrected chi connectivity index (χ0v) is 7.91. The summed E-state index contributed by atoms with van der Waals surface area (Å²) in [5, 5.41) is 37.0. The van der Waals surface area contributed by atoms with Gasteiger partial charge in [-0.3, -0.25) is 0 Å². The van der Waals surface area contributed by atoms with Crippen molar-refractivity contribution in [1.29, 1.82) is 0 Å². The zero-order valence-electron chi connectivity index (χ0n) is 7.91. The van der Waals surface area contributed by atoms with Gasteiger partial charge in [0.05, 0.1) is 13.2 Å². The second-order valence-corrected chi connectivity index (χ2v) is 3.32. The fourth-order valence-corrected chi connectivity index (χ4v) is 1.48. The standard InChI is InChI=1S/C8H16O6/c1-13-3-5-7(11)8(12)6(10)4(2-9)14-5/h4-12H,2-3H2,1H3/t4?,5-,6-,7?,8?/m1/s1. The fraction of sp³-hybridized carbons (Fsp3) is 1.00. The Morgan fingerprint density at radius 3 is 2.14 bits per heavy atom. The predicted molar refractivity (Wildman–Crippen MR) is 45.6 cm³/mol. The molecule has 0 aromatic carbocycles. The minimum Gasteiger partial charge on any atom is -0.394 e. The summed E-state index contributed by atoms with van der Waals surface area (Å²) in [6.45, 7) is -0.313. The van der Waals surface area contributed by atoms with Gasteiger partial charge >= 0.3 is 0 Å². The van der Waals surface area contributed by atoms with Crippen molar-refractivity contribution in [2.45, 2.75) is 30.5 Å². The SMILES string of the molecule is COC[C@H]1OC(CO)[C@@H](O)C(O)C1O. The molecule has 6 heteroatoms. The molecule has 3 unspecified atom stereocenters. The van der Waals surface area contributed by atoms with Gasteiger partial charge in [0.2, 0.25) is 0 Å². The highest BCUT2D eigenvalue weighted by Crippen LogP contribution is 2.20. The van der Waals surface area contributed by atoms with E-state index in [2.05, 4.69) is 0 Å². The van der Waals surface area contributed by atoms with Crippen molar-refractivity contribution in [2.75, 3.05) is 20.3 Å². The maximum Gasteiger partial charge on any atom is 0.111 e. The van der Waals surface area contributed by atoms with Crippen LogP contribution in [-0.4, -0.2) is 71.3 Å². The fourth-order valence-electron chi connectivity index (χ4n) is 1.48. The van der Waals surface area contributed by atoms with E-state index < -0.39 is 37.1 Å². The Balaban J connectivity index is 2.63. The highest BCUT2D eigenvalue weighted by molar-refractivity contribution is 4.91. The molecular formula is C8H16O6. The van der Waals surface area contributed by atoms with Gasteiger partial charge in [-0.25, -0.2) is 0 Å². The molecule has 14 heavy (non-hydrogen) atoms. The van der Waals surface area contributed by atoms with E-state index in [0.717, 1.165) is 0 Å². The molecule has 0 aromatic heterocycles. The van der Waals surface area contributed by atoms with Crippen LogP contribution in [0.15, 0.2) is 0 Å². The number of aliphatic hydroxyl groups is 4. The molecule has 0 aliphatic carbocycles. The summed E-state index contributed by atoms with van der Waals surface area (Å²) in [6.07, 6.45) is -5.40. The first kappa shape index (κ1) is 11.8. The maximum absolute atomic E-state index is 9.46. The van der Waals surface area contributed by atoms with Gasteiger partial charge in [0.25, 0.3) is 0 Å². The maximum atomic E-state index is 9.46. The first-order valence-electron chi connectivity index (χ1n) is 4.41. The summed E-state index contributed by atoms with van der Waals surface area (Å²) < 4.78 is 9.90. The molecule has 0 spiro atoms. The van der Waals surface area contributed by atoms with Gasteiger partial charge in [-0.1, -0.05) is 0 Å². The molecule has 0 radical (unpaired) electrons. The summed E-state index contributed by atoms with van der Waals surface area (Å²) in [5.74, 6) is 0. The second kappa shape index (κ2) is 5.01. The van der Waals surface area contributed by atoms with Crippen LogP contribution < -0.4 is 0 Å². The highest BCUT2D eigenvalue weighted by atomic mass is 16.6. The molecule has 6 nitrogen and oxygen atoms in total. The average molecular weight is 208 g/mol.